The predicted octanol–water partition coefficient (Wildman–Crippen LogP) is 2.34. The third-order valence-corrected chi connectivity index (χ3v) is 6.59. The zero-order valence-corrected chi connectivity index (χ0v) is 20.8. The number of benzene rings is 1. The number of nitrogens with zero attached hydrogens (tertiary/aromatic N) is 5. The molecule has 2 aromatic rings. The second-order valence-corrected chi connectivity index (χ2v) is 9.73. The number of fused-ring (bicyclic) bond motifs is 1. The minimum atomic E-state index is -0.290. The number of aromatic nitrogens is 2. The summed E-state index contributed by atoms with van der Waals surface area (Å²) in [6.07, 6.45) is 1.48. The van der Waals surface area contributed by atoms with Gasteiger partial charge < -0.3 is 25.3 Å². The fourth-order valence-corrected chi connectivity index (χ4v) is 4.71. The van der Waals surface area contributed by atoms with Crippen LogP contribution in [0.15, 0.2) is 30.6 Å². The number of piperazine rings is 1. The van der Waals surface area contributed by atoms with Gasteiger partial charge in [-0.05, 0) is 24.6 Å². The van der Waals surface area contributed by atoms with Crippen molar-refractivity contribution in [2.45, 2.75) is 38.8 Å². The van der Waals surface area contributed by atoms with Crippen LogP contribution in [0, 0.1) is 0 Å². The molecule has 0 unspecified atom stereocenters. The van der Waals surface area contributed by atoms with Crippen LogP contribution in [0.5, 0.6) is 0 Å². The molecule has 2 aliphatic heterocycles. The molecule has 9 nitrogen and oxygen atoms in total. The number of hydrogen-bond acceptors (Lipinski definition) is 7. The zero-order valence-electron chi connectivity index (χ0n) is 20.1. The SMILES string of the molecule is CC(C)NC[C@@H](C(=O)N1CCN(c2ncnc3c2N(C)CC(=O)N3)C[C@H]1C)c1ccc(Cl)cc1. The molecule has 3 heterocycles. The summed E-state index contributed by atoms with van der Waals surface area (Å²) in [6.45, 7) is 8.91. The molecule has 0 bridgehead atoms. The number of carbonyl (C=O) groups is 2. The van der Waals surface area contributed by atoms with Gasteiger partial charge in [0.25, 0.3) is 0 Å². The second-order valence-electron chi connectivity index (χ2n) is 9.29. The highest BCUT2D eigenvalue weighted by atomic mass is 35.5. The summed E-state index contributed by atoms with van der Waals surface area (Å²) >= 11 is 6.08. The number of anilines is 3. The van der Waals surface area contributed by atoms with Crippen molar-refractivity contribution in [2.75, 3.05) is 54.9 Å². The first-order chi connectivity index (χ1) is 16.2. The van der Waals surface area contributed by atoms with E-state index in [1.165, 1.54) is 6.33 Å². The Morgan fingerprint density at radius 2 is 1.97 bits per heavy atom. The Morgan fingerprint density at radius 1 is 1.24 bits per heavy atom. The summed E-state index contributed by atoms with van der Waals surface area (Å²) in [5.41, 5.74) is 1.77. The fraction of sp³-hybridized carbons (Fsp3) is 0.500. The molecule has 1 fully saturated rings. The van der Waals surface area contributed by atoms with E-state index in [0.717, 1.165) is 17.1 Å². The third kappa shape index (κ3) is 5.10. The highest BCUT2D eigenvalue weighted by Crippen LogP contribution is 2.36. The standard InChI is InChI=1S/C24H32ClN7O2/c1-15(2)26-11-19(17-5-7-18(25)8-6-17)24(34)32-10-9-31(12-16(32)3)23-21-22(27-14-28-23)29-20(33)13-30(21)4/h5-8,14-16,19,26H,9-13H2,1-4H3,(H,27,28,29,33)/t16-,19-/m1/s1. The molecule has 0 aliphatic carbocycles. The van der Waals surface area contributed by atoms with Gasteiger partial charge in [-0.25, -0.2) is 9.97 Å². The molecule has 2 N–H and O–H groups in total. The van der Waals surface area contributed by atoms with Crippen LogP contribution in [0.2, 0.25) is 5.02 Å². The Morgan fingerprint density at radius 3 is 2.65 bits per heavy atom. The Labute approximate surface area is 205 Å². The molecule has 4 rings (SSSR count). The summed E-state index contributed by atoms with van der Waals surface area (Å²) in [4.78, 5) is 40.4. The first-order valence-corrected chi connectivity index (χ1v) is 12.0. The number of rotatable bonds is 6. The van der Waals surface area contributed by atoms with Crippen molar-refractivity contribution < 1.29 is 9.59 Å². The maximum atomic E-state index is 13.7. The van der Waals surface area contributed by atoms with Crippen LogP contribution in [-0.4, -0.2) is 78.5 Å². The predicted molar refractivity (Wildman–Crippen MR) is 135 cm³/mol. The van der Waals surface area contributed by atoms with Gasteiger partial charge >= 0.3 is 0 Å². The van der Waals surface area contributed by atoms with E-state index in [1.807, 2.05) is 41.1 Å². The molecule has 34 heavy (non-hydrogen) atoms. The first-order valence-electron chi connectivity index (χ1n) is 11.6. The lowest BCUT2D eigenvalue weighted by molar-refractivity contribution is -0.135. The second kappa shape index (κ2) is 10.1. The Hall–Kier alpha value is -2.91. The van der Waals surface area contributed by atoms with E-state index < -0.39 is 0 Å². The average molecular weight is 486 g/mol. The molecule has 2 atom stereocenters. The summed E-state index contributed by atoms with van der Waals surface area (Å²) in [5, 5.41) is 6.91. The van der Waals surface area contributed by atoms with E-state index in [2.05, 4.69) is 46.3 Å². The normalized spacial score (nSPS) is 19.2. The van der Waals surface area contributed by atoms with Gasteiger partial charge in [0.15, 0.2) is 11.6 Å². The smallest absolute Gasteiger partial charge is 0.245 e. The summed E-state index contributed by atoms with van der Waals surface area (Å²) in [7, 11) is 1.87. The van der Waals surface area contributed by atoms with E-state index in [4.69, 9.17) is 11.6 Å². The topological polar surface area (TPSA) is 93.7 Å². The number of likely N-dealkylation sites (N-methyl/N-ethyl adjacent to an activating group) is 1. The number of nitrogens with one attached hydrogen (secondary N) is 2. The molecule has 182 valence electrons. The lowest BCUT2D eigenvalue weighted by Gasteiger charge is -2.43. The van der Waals surface area contributed by atoms with E-state index in [9.17, 15) is 9.59 Å². The largest absolute Gasteiger partial charge is 0.359 e. The third-order valence-electron chi connectivity index (χ3n) is 6.33. The summed E-state index contributed by atoms with van der Waals surface area (Å²) in [5.74, 6) is 1.03. The van der Waals surface area contributed by atoms with Crippen LogP contribution in [0.3, 0.4) is 0 Å². The van der Waals surface area contributed by atoms with Crippen molar-refractivity contribution in [3.8, 4) is 0 Å². The van der Waals surface area contributed by atoms with Gasteiger partial charge in [-0.3, -0.25) is 9.59 Å². The molecule has 1 aromatic heterocycles. The molecular formula is C24H32ClN7O2. The maximum Gasteiger partial charge on any atom is 0.245 e. The Kier molecular flexibility index (Phi) is 7.23. The van der Waals surface area contributed by atoms with Crippen LogP contribution in [-0.2, 0) is 9.59 Å². The molecule has 1 saturated heterocycles. The van der Waals surface area contributed by atoms with Crippen LogP contribution in [0.1, 0.15) is 32.3 Å². The minimum absolute atomic E-state index is 0.01000. The van der Waals surface area contributed by atoms with Gasteiger partial charge in [-0.2, -0.15) is 0 Å². The molecule has 2 aliphatic rings. The average Bonchev–Trinajstić information content (AvgIpc) is 2.79. The minimum Gasteiger partial charge on any atom is -0.359 e. The highest BCUT2D eigenvalue weighted by Gasteiger charge is 2.35. The fourth-order valence-electron chi connectivity index (χ4n) is 4.58. The van der Waals surface area contributed by atoms with Gasteiger partial charge in [0.05, 0.1) is 12.5 Å². The van der Waals surface area contributed by atoms with Crippen LogP contribution < -0.4 is 20.4 Å². The van der Waals surface area contributed by atoms with Crippen molar-refractivity contribution in [3.05, 3.63) is 41.2 Å². The number of carbonyl (C=O) groups excluding carboxylic acids is 2. The molecule has 0 spiro atoms. The number of amides is 2. The van der Waals surface area contributed by atoms with Gasteiger partial charge in [0.2, 0.25) is 11.8 Å². The van der Waals surface area contributed by atoms with Crippen LogP contribution in [0.4, 0.5) is 17.3 Å². The first kappa shape index (κ1) is 24.2. The Bertz CT molecular complexity index is 1050. The highest BCUT2D eigenvalue weighted by molar-refractivity contribution is 6.30. The van der Waals surface area contributed by atoms with Crippen LogP contribution in [0.25, 0.3) is 0 Å². The van der Waals surface area contributed by atoms with Gasteiger partial charge in [0, 0.05) is 50.3 Å². The van der Waals surface area contributed by atoms with Gasteiger partial charge in [-0.15, -0.1) is 0 Å². The van der Waals surface area contributed by atoms with E-state index in [-0.39, 0.29) is 36.4 Å². The monoisotopic (exact) mass is 485 g/mol. The number of hydrogen-bond donors (Lipinski definition) is 2. The molecule has 0 radical (unpaired) electrons. The molecule has 1 aromatic carbocycles. The van der Waals surface area contributed by atoms with Gasteiger partial charge in [-0.1, -0.05) is 37.6 Å². The van der Waals surface area contributed by atoms with Crippen molar-refractivity contribution in [1.29, 1.82) is 0 Å². The van der Waals surface area contributed by atoms with Gasteiger partial charge in [0.1, 0.15) is 12.0 Å². The lowest BCUT2D eigenvalue weighted by atomic mass is 9.96. The maximum absolute atomic E-state index is 13.7. The van der Waals surface area contributed by atoms with Crippen molar-refractivity contribution >= 4 is 40.7 Å². The Balaban J connectivity index is 1.52. The van der Waals surface area contributed by atoms with E-state index in [1.54, 1.807) is 0 Å². The van der Waals surface area contributed by atoms with Crippen molar-refractivity contribution in [2.24, 2.45) is 0 Å². The molecule has 2 amide bonds. The van der Waals surface area contributed by atoms with E-state index >= 15 is 0 Å². The molecule has 10 heteroatoms. The van der Waals surface area contributed by atoms with Crippen molar-refractivity contribution in [3.63, 3.8) is 0 Å². The quantitative estimate of drug-likeness (QED) is 0.648. The summed E-state index contributed by atoms with van der Waals surface area (Å²) in [6, 6.07) is 7.81. The molecule has 0 saturated carbocycles. The van der Waals surface area contributed by atoms with Crippen molar-refractivity contribution in [1.82, 2.24) is 20.2 Å². The zero-order chi connectivity index (χ0) is 24.4. The summed E-state index contributed by atoms with van der Waals surface area (Å²) < 4.78 is 0. The number of halogens is 1. The lowest BCUT2D eigenvalue weighted by Crippen LogP contribution is -2.56. The van der Waals surface area contributed by atoms with Crippen LogP contribution >= 0.6 is 11.6 Å². The molecular weight excluding hydrogens is 454 g/mol. The van der Waals surface area contributed by atoms with E-state index in [0.29, 0.717) is 37.0 Å².